The Balaban J connectivity index is 0.00000208. The number of rotatable bonds is 7. The van der Waals surface area contributed by atoms with Crippen LogP contribution in [0.25, 0.3) is 10.8 Å². The summed E-state index contributed by atoms with van der Waals surface area (Å²) in [5.41, 5.74) is 0. The molecule has 0 radical (unpaired) electrons. The summed E-state index contributed by atoms with van der Waals surface area (Å²) < 4.78 is 5.84. The third-order valence-electron chi connectivity index (χ3n) is 4.08. The van der Waals surface area contributed by atoms with Crippen molar-refractivity contribution in [2.24, 2.45) is 10.9 Å². The molecule has 0 saturated heterocycles. The molecule has 1 aliphatic rings. The van der Waals surface area contributed by atoms with E-state index in [9.17, 15) is 0 Å². The summed E-state index contributed by atoms with van der Waals surface area (Å²) in [6.07, 6.45) is 3.64. The summed E-state index contributed by atoms with van der Waals surface area (Å²) >= 11 is 0. The topological polar surface area (TPSA) is 45.7 Å². The molecule has 0 aliphatic heterocycles. The van der Waals surface area contributed by atoms with Crippen LogP contribution >= 0.6 is 24.0 Å². The van der Waals surface area contributed by atoms with Crippen LogP contribution in [0.4, 0.5) is 0 Å². The monoisotopic (exact) mass is 439 g/mol. The Morgan fingerprint density at radius 2 is 1.92 bits per heavy atom. The Bertz CT molecular complexity index is 670. The van der Waals surface area contributed by atoms with Gasteiger partial charge < -0.3 is 15.4 Å². The summed E-state index contributed by atoms with van der Waals surface area (Å²) in [6, 6.07) is 14.6. The smallest absolute Gasteiger partial charge is 0.190 e. The molecule has 130 valence electrons. The number of fused-ring (bicyclic) bond motifs is 1. The van der Waals surface area contributed by atoms with Gasteiger partial charge in [-0.2, -0.15) is 0 Å². The maximum absolute atomic E-state index is 5.84. The van der Waals surface area contributed by atoms with Crippen molar-refractivity contribution < 1.29 is 4.74 Å². The van der Waals surface area contributed by atoms with Gasteiger partial charge in [0.25, 0.3) is 0 Å². The number of aliphatic imine (C=N–C) groups is 1. The van der Waals surface area contributed by atoms with Crippen molar-refractivity contribution in [1.29, 1.82) is 0 Å². The lowest BCUT2D eigenvalue weighted by Gasteiger charge is -2.12. The largest absolute Gasteiger partial charge is 0.494 e. The molecule has 0 amide bonds. The van der Waals surface area contributed by atoms with E-state index < -0.39 is 0 Å². The minimum atomic E-state index is 0. The first-order chi connectivity index (χ1) is 11.3. The van der Waals surface area contributed by atoms with Crippen molar-refractivity contribution in [2.75, 3.05) is 26.7 Å². The van der Waals surface area contributed by atoms with Crippen LogP contribution in [0.15, 0.2) is 47.5 Å². The number of nitrogens with one attached hydrogen (secondary N) is 2. The quantitative estimate of drug-likeness (QED) is 0.299. The molecular weight excluding hydrogens is 413 g/mol. The van der Waals surface area contributed by atoms with Gasteiger partial charge in [0.05, 0.1) is 6.61 Å². The Morgan fingerprint density at radius 1 is 1.12 bits per heavy atom. The van der Waals surface area contributed by atoms with Crippen LogP contribution < -0.4 is 15.4 Å². The molecule has 0 bridgehead atoms. The zero-order valence-electron chi connectivity index (χ0n) is 14.1. The highest BCUT2D eigenvalue weighted by Gasteiger charge is 2.20. The molecule has 0 aromatic heterocycles. The highest BCUT2D eigenvalue weighted by molar-refractivity contribution is 14.0. The molecular formula is C19H26IN3O. The predicted octanol–water partition coefficient (Wildman–Crippen LogP) is 3.80. The number of nitrogens with zero attached hydrogens (tertiary/aromatic N) is 1. The standard InChI is InChI=1S/C19H25N3O.HI/c1-20-19(22-14-15-7-8-15)21-11-4-12-23-18-10-9-16-5-2-3-6-17(16)13-18;/h2-3,5-6,9-10,13,15H,4,7-8,11-12,14H2,1H3,(H2,20,21,22);1H. The van der Waals surface area contributed by atoms with Crippen molar-refractivity contribution in [2.45, 2.75) is 19.3 Å². The van der Waals surface area contributed by atoms with E-state index in [4.69, 9.17) is 4.74 Å². The number of benzene rings is 2. The van der Waals surface area contributed by atoms with Crippen molar-refractivity contribution in [3.63, 3.8) is 0 Å². The molecule has 2 aromatic carbocycles. The maximum Gasteiger partial charge on any atom is 0.190 e. The van der Waals surface area contributed by atoms with Gasteiger partial charge >= 0.3 is 0 Å². The highest BCUT2D eigenvalue weighted by Crippen LogP contribution is 2.27. The number of halogens is 1. The lowest BCUT2D eigenvalue weighted by molar-refractivity contribution is 0.311. The maximum atomic E-state index is 5.84. The molecule has 0 heterocycles. The van der Waals surface area contributed by atoms with E-state index in [1.165, 1.54) is 23.6 Å². The molecule has 5 heteroatoms. The number of hydrogen-bond donors (Lipinski definition) is 2. The van der Waals surface area contributed by atoms with Crippen LogP contribution in [0, 0.1) is 5.92 Å². The highest BCUT2D eigenvalue weighted by atomic mass is 127. The zero-order chi connectivity index (χ0) is 15.9. The lowest BCUT2D eigenvalue weighted by Crippen LogP contribution is -2.39. The minimum Gasteiger partial charge on any atom is -0.494 e. The molecule has 1 aliphatic carbocycles. The Kier molecular flexibility index (Phi) is 7.62. The fourth-order valence-electron chi connectivity index (χ4n) is 2.51. The van der Waals surface area contributed by atoms with Gasteiger partial charge in [-0.1, -0.05) is 30.3 Å². The summed E-state index contributed by atoms with van der Waals surface area (Å²) in [5, 5.41) is 9.14. The average Bonchev–Trinajstić information content (AvgIpc) is 3.41. The zero-order valence-corrected chi connectivity index (χ0v) is 16.5. The van der Waals surface area contributed by atoms with E-state index in [-0.39, 0.29) is 24.0 Å². The van der Waals surface area contributed by atoms with Gasteiger partial charge in [0.2, 0.25) is 0 Å². The molecule has 0 unspecified atom stereocenters. The molecule has 1 fully saturated rings. The van der Waals surface area contributed by atoms with Gasteiger partial charge in [-0.3, -0.25) is 4.99 Å². The second-order valence-corrected chi connectivity index (χ2v) is 6.03. The molecule has 2 N–H and O–H groups in total. The number of hydrogen-bond acceptors (Lipinski definition) is 2. The average molecular weight is 439 g/mol. The number of guanidine groups is 1. The first kappa shape index (κ1) is 18.8. The van der Waals surface area contributed by atoms with Gasteiger partial charge in [0.15, 0.2) is 5.96 Å². The van der Waals surface area contributed by atoms with E-state index >= 15 is 0 Å². The second kappa shape index (κ2) is 9.71. The van der Waals surface area contributed by atoms with E-state index in [0.717, 1.165) is 37.1 Å². The van der Waals surface area contributed by atoms with Gasteiger partial charge in [0.1, 0.15) is 5.75 Å². The van der Waals surface area contributed by atoms with Crippen LogP contribution in [0.3, 0.4) is 0 Å². The van der Waals surface area contributed by atoms with Crippen LogP contribution in [-0.4, -0.2) is 32.7 Å². The SMILES string of the molecule is CN=C(NCCCOc1ccc2ccccc2c1)NCC1CC1.I. The first-order valence-corrected chi connectivity index (χ1v) is 8.41. The van der Waals surface area contributed by atoms with Crippen LogP contribution in [0.5, 0.6) is 5.75 Å². The van der Waals surface area contributed by atoms with Crippen molar-refractivity contribution in [3.8, 4) is 5.75 Å². The third-order valence-corrected chi connectivity index (χ3v) is 4.08. The van der Waals surface area contributed by atoms with E-state index in [0.29, 0.717) is 6.61 Å². The fourth-order valence-corrected chi connectivity index (χ4v) is 2.51. The predicted molar refractivity (Wildman–Crippen MR) is 112 cm³/mol. The molecule has 1 saturated carbocycles. The van der Waals surface area contributed by atoms with E-state index in [1.807, 2.05) is 13.1 Å². The second-order valence-electron chi connectivity index (χ2n) is 6.03. The molecule has 0 spiro atoms. The van der Waals surface area contributed by atoms with Gasteiger partial charge in [-0.05, 0) is 48.1 Å². The van der Waals surface area contributed by atoms with E-state index in [2.05, 4.69) is 52.0 Å². The Hall–Kier alpha value is -1.50. The summed E-state index contributed by atoms with van der Waals surface area (Å²) in [6.45, 7) is 2.59. The van der Waals surface area contributed by atoms with Gasteiger partial charge in [-0.25, -0.2) is 0 Å². The third kappa shape index (κ3) is 5.85. The van der Waals surface area contributed by atoms with Gasteiger partial charge in [-0.15, -0.1) is 24.0 Å². The van der Waals surface area contributed by atoms with Crippen molar-refractivity contribution in [3.05, 3.63) is 42.5 Å². The minimum absolute atomic E-state index is 0. The van der Waals surface area contributed by atoms with Gasteiger partial charge in [0, 0.05) is 20.1 Å². The molecule has 4 nitrogen and oxygen atoms in total. The molecule has 3 rings (SSSR count). The van der Waals surface area contributed by atoms with Crippen molar-refractivity contribution in [1.82, 2.24) is 10.6 Å². The summed E-state index contributed by atoms with van der Waals surface area (Å²) in [4.78, 5) is 4.23. The van der Waals surface area contributed by atoms with Crippen LogP contribution in [0.2, 0.25) is 0 Å². The van der Waals surface area contributed by atoms with Crippen LogP contribution in [-0.2, 0) is 0 Å². The Labute approximate surface area is 161 Å². The van der Waals surface area contributed by atoms with Crippen LogP contribution in [0.1, 0.15) is 19.3 Å². The fraction of sp³-hybridized carbons (Fsp3) is 0.421. The molecule has 0 atom stereocenters. The Morgan fingerprint density at radius 3 is 2.67 bits per heavy atom. The summed E-state index contributed by atoms with van der Waals surface area (Å²) in [5.74, 6) is 2.67. The summed E-state index contributed by atoms with van der Waals surface area (Å²) in [7, 11) is 1.81. The normalized spacial score (nSPS) is 14.1. The van der Waals surface area contributed by atoms with Crippen molar-refractivity contribution >= 4 is 40.7 Å². The van der Waals surface area contributed by atoms with E-state index in [1.54, 1.807) is 0 Å². The first-order valence-electron chi connectivity index (χ1n) is 8.41. The lowest BCUT2D eigenvalue weighted by atomic mass is 10.1. The number of ether oxygens (including phenoxy) is 1. The molecule has 2 aromatic rings. The molecule has 24 heavy (non-hydrogen) atoms.